The number of nitrogens with two attached hydrogens (primary N) is 1. The van der Waals surface area contributed by atoms with E-state index >= 15 is 0 Å². The van der Waals surface area contributed by atoms with Gasteiger partial charge in [0.05, 0.1) is 0 Å². The molecular weight excluding hydrogens is 316 g/mol. The SMILES string of the molecule is CN(CC(C)(C)CN)C(=O)c1cccc(Br)c1.Cl. The average Bonchev–Trinajstić information content (AvgIpc) is 2.27. The highest BCUT2D eigenvalue weighted by molar-refractivity contribution is 9.10. The van der Waals surface area contributed by atoms with Crippen LogP contribution in [0.1, 0.15) is 24.2 Å². The Kier molecular flexibility index (Phi) is 6.89. The second-order valence-corrected chi connectivity index (χ2v) is 5.96. The van der Waals surface area contributed by atoms with Crippen molar-refractivity contribution >= 4 is 34.2 Å². The van der Waals surface area contributed by atoms with Crippen molar-refractivity contribution in [1.29, 1.82) is 0 Å². The fourth-order valence-corrected chi connectivity index (χ4v) is 2.02. The van der Waals surface area contributed by atoms with Gasteiger partial charge in [0.25, 0.3) is 5.91 Å². The highest BCUT2D eigenvalue weighted by Gasteiger charge is 2.21. The van der Waals surface area contributed by atoms with Gasteiger partial charge in [-0.2, -0.15) is 0 Å². The van der Waals surface area contributed by atoms with Crippen LogP contribution < -0.4 is 5.73 Å². The summed E-state index contributed by atoms with van der Waals surface area (Å²) in [6.45, 7) is 5.31. The van der Waals surface area contributed by atoms with Gasteiger partial charge in [0, 0.05) is 23.6 Å². The summed E-state index contributed by atoms with van der Waals surface area (Å²) in [6.07, 6.45) is 0. The van der Waals surface area contributed by atoms with Crippen molar-refractivity contribution in [1.82, 2.24) is 4.90 Å². The van der Waals surface area contributed by atoms with Gasteiger partial charge in [-0.25, -0.2) is 0 Å². The average molecular weight is 336 g/mol. The molecule has 0 atom stereocenters. The minimum absolute atomic E-state index is 0. The third-order valence-corrected chi connectivity index (χ3v) is 3.13. The number of amides is 1. The van der Waals surface area contributed by atoms with Gasteiger partial charge in [0.15, 0.2) is 0 Å². The van der Waals surface area contributed by atoms with Crippen molar-refractivity contribution in [2.45, 2.75) is 13.8 Å². The topological polar surface area (TPSA) is 46.3 Å². The Bertz CT molecular complexity index is 410. The molecule has 0 spiro atoms. The normalized spacial score (nSPS) is 10.7. The van der Waals surface area contributed by atoms with Crippen LogP contribution >= 0.6 is 28.3 Å². The summed E-state index contributed by atoms with van der Waals surface area (Å²) in [5.74, 6) is 0.0211. The van der Waals surface area contributed by atoms with Crippen LogP contribution in [0.3, 0.4) is 0 Å². The quantitative estimate of drug-likeness (QED) is 0.919. The van der Waals surface area contributed by atoms with Gasteiger partial charge >= 0.3 is 0 Å². The summed E-state index contributed by atoms with van der Waals surface area (Å²) in [7, 11) is 1.81. The summed E-state index contributed by atoms with van der Waals surface area (Å²) in [6, 6.07) is 7.41. The Labute approximate surface area is 123 Å². The van der Waals surface area contributed by atoms with Gasteiger partial charge in [-0.15, -0.1) is 12.4 Å². The maximum Gasteiger partial charge on any atom is 0.253 e. The number of hydrogen-bond acceptors (Lipinski definition) is 2. The number of benzene rings is 1. The van der Waals surface area contributed by atoms with E-state index in [1.54, 1.807) is 11.9 Å². The number of rotatable bonds is 4. The molecule has 0 unspecified atom stereocenters. The number of hydrogen-bond donors (Lipinski definition) is 1. The van der Waals surface area contributed by atoms with Crippen LogP contribution in [0, 0.1) is 5.41 Å². The molecule has 5 heteroatoms. The zero-order valence-electron chi connectivity index (χ0n) is 10.9. The first kappa shape index (κ1) is 17.4. The molecule has 1 aromatic carbocycles. The Morgan fingerprint density at radius 2 is 2.06 bits per heavy atom. The summed E-state index contributed by atoms with van der Waals surface area (Å²) in [4.78, 5) is 13.9. The molecule has 1 rings (SSSR count). The van der Waals surface area contributed by atoms with Crippen molar-refractivity contribution in [3.05, 3.63) is 34.3 Å². The zero-order valence-corrected chi connectivity index (χ0v) is 13.3. The first-order chi connectivity index (χ1) is 7.85. The standard InChI is InChI=1S/C13H19BrN2O.ClH/c1-13(2,8-15)9-16(3)12(17)10-5-4-6-11(14)7-10;/h4-7H,8-9,15H2,1-3H3;1H. The Hall–Kier alpha value is -0.580. The van der Waals surface area contributed by atoms with Crippen molar-refractivity contribution < 1.29 is 4.79 Å². The first-order valence-electron chi connectivity index (χ1n) is 5.57. The van der Waals surface area contributed by atoms with E-state index in [0.717, 1.165) is 4.47 Å². The molecule has 0 aliphatic rings. The minimum atomic E-state index is -0.0591. The van der Waals surface area contributed by atoms with E-state index in [4.69, 9.17) is 5.73 Å². The Morgan fingerprint density at radius 3 is 2.56 bits per heavy atom. The first-order valence-corrected chi connectivity index (χ1v) is 6.36. The second kappa shape index (κ2) is 7.12. The van der Waals surface area contributed by atoms with E-state index in [1.807, 2.05) is 24.3 Å². The van der Waals surface area contributed by atoms with Gasteiger partial charge in [0.2, 0.25) is 0 Å². The predicted molar refractivity (Wildman–Crippen MR) is 81.2 cm³/mol. The van der Waals surface area contributed by atoms with Crippen LogP contribution in [-0.4, -0.2) is 30.9 Å². The molecular formula is C13H20BrClN2O. The molecule has 0 heterocycles. The second-order valence-electron chi connectivity index (χ2n) is 5.04. The molecule has 18 heavy (non-hydrogen) atoms. The van der Waals surface area contributed by atoms with E-state index < -0.39 is 0 Å². The molecule has 1 amide bonds. The third-order valence-electron chi connectivity index (χ3n) is 2.64. The van der Waals surface area contributed by atoms with E-state index in [-0.39, 0.29) is 23.7 Å². The molecule has 0 aliphatic heterocycles. The summed E-state index contributed by atoms with van der Waals surface area (Å²) < 4.78 is 0.912. The summed E-state index contributed by atoms with van der Waals surface area (Å²) >= 11 is 3.36. The van der Waals surface area contributed by atoms with Crippen LogP contribution in [0.2, 0.25) is 0 Å². The maximum absolute atomic E-state index is 12.2. The molecule has 0 radical (unpaired) electrons. The van der Waals surface area contributed by atoms with Crippen LogP contribution in [0.25, 0.3) is 0 Å². The van der Waals surface area contributed by atoms with Crippen molar-refractivity contribution in [3.8, 4) is 0 Å². The lowest BCUT2D eigenvalue weighted by molar-refractivity contribution is 0.0740. The predicted octanol–water partition coefficient (Wildman–Crippen LogP) is 2.93. The number of halogens is 2. The van der Waals surface area contributed by atoms with E-state index in [9.17, 15) is 4.79 Å². The lowest BCUT2D eigenvalue weighted by Gasteiger charge is -2.29. The molecule has 102 valence electrons. The van der Waals surface area contributed by atoms with Crippen LogP contribution in [0.5, 0.6) is 0 Å². The van der Waals surface area contributed by atoms with Crippen molar-refractivity contribution in [3.63, 3.8) is 0 Å². The van der Waals surface area contributed by atoms with Gasteiger partial charge < -0.3 is 10.6 Å². The lowest BCUT2D eigenvalue weighted by Crippen LogP contribution is -2.39. The summed E-state index contributed by atoms with van der Waals surface area (Å²) in [5, 5.41) is 0. The fraction of sp³-hybridized carbons (Fsp3) is 0.462. The third kappa shape index (κ3) is 4.96. The number of carbonyl (C=O) groups is 1. The Morgan fingerprint density at radius 1 is 1.44 bits per heavy atom. The van der Waals surface area contributed by atoms with Gasteiger partial charge in [-0.3, -0.25) is 4.79 Å². The molecule has 3 nitrogen and oxygen atoms in total. The monoisotopic (exact) mass is 334 g/mol. The smallest absolute Gasteiger partial charge is 0.253 e. The van der Waals surface area contributed by atoms with Crippen LogP contribution in [-0.2, 0) is 0 Å². The molecule has 0 aromatic heterocycles. The molecule has 0 fully saturated rings. The van der Waals surface area contributed by atoms with E-state index in [1.165, 1.54) is 0 Å². The minimum Gasteiger partial charge on any atom is -0.341 e. The van der Waals surface area contributed by atoms with Crippen LogP contribution in [0.4, 0.5) is 0 Å². The van der Waals surface area contributed by atoms with Gasteiger partial charge in [0.1, 0.15) is 0 Å². The molecule has 0 aliphatic carbocycles. The van der Waals surface area contributed by atoms with E-state index in [2.05, 4.69) is 29.8 Å². The highest BCUT2D eigenvalue weighted by Crippen LogP contribution is 2.17. The molecule has 2 N–H and O–H groups in total. The van der Waals surface area contributed by atoms with E-state index in [0.29, 0.717) is 18.7 Å². The zero-order chi connectivity index (χ0) is 13.1. The molecule has 0 saturated carbocycles. The summed E-state index contributed by atoms with van der Waals surface area (Å²) in [5.41, 5.74) is 6.30. The van der Waals surface area contributed by atoms with Gasteiger partial charge in [-0.05, 0) is 30.2 Å². The molecule has 0 saturated heterocycles. The van der Waals surface area contributed by atoms with Gasteiger partial charge in [-0.1, -0.05) is 35.8 Å². The highest BCUT2D eigenvalue weighted by atomic mass is 79.9. The number of nitrogens with zero attached hydrogens (tertiary/aromatic N) is 1. The van der Waals surface area contributed by atoms with Crippen molar-refractivity contribution in [2.24, 2.45) is 11.1 Å². The van der Waals surface area contributed by atoms with Crippen LogP contribution in [0.15, 0.2) is 28.7 Å². The fourth-order valence-electron chi connectivity index (χ4n) is 1.62. The maximum atomic E-state index is 12.2. The lowest BCUT2D eigenvalue weighted by atomic mass is 9.93. The largest absolute Gasteiger partial charge is 0.341 e. The molecule has 0 bridgehead atoms. The van der Waals surface area contributed by atoms with Crippen molar-refractivity contribution in [2.75, 3.05) is 20.1 Å². The number of carbonyl (C=O) groups excluding carboxylic acids is 1. The Balaban J connectivity index is 0.00000289. The molecule has 1 aromatic rings.